The SMILES string of the molecule is CC1(C)CN(C/C=C/C(=O)Nc2cc3c(Nc4ccc(F)c(Cl)c4)ncnc3cc2OC2CCOCC2)CC(=O)O1. The number of ether oxygens (including phenoxy) is 3. The van der Waals surface area contributed by atoms with Crippen molar-refractivity contribution in [3.63, 3.8) is 0 Å². The lowest BCUT2D eigenvalue weighted by molar-refractivity contribution is -0.168. The molecule has 3 aromatic rings. The Kier molecular flexibility index (Phi) is 8.67. The van der Waals surface area contributed by atoms with Gasteiger partial charge < -0.3 is 24.8 Å². The number of morpholine rings is 1. The van der Waals surface area contributed by atoms with Gasteiger partial charge in [0, 0.05) is 49.1 Å². The summed E-state index contributed by atoms with van der Waals surface area (Å²) < 4.78 is 30.8. The summed E-state index contributed by atoms with van der Waals surface area (Å²) in [6.45, 7) is 6.04. The largest absolute Gasteiger partial charge is 0.488 e. The number of esters is 1. The third-order valence-electron chi connectivity index (χ3n) is 6.62. The second kappa shape index (κ2) is 12.4. The number of fused-ring (bicyclic) bond motifs is 1. The van der Waals surface area contributed by atoms with Gasteiger partial charge in [-0.15, -0.1) is 0 Å². The first-order chi connectivity index (χ1) is 19.6. The number of rotatable bonds is 8. The van der Waals surface area contributed by atoms with Crippen LogP contribution in [-0.4, -0.2) is 71.3 Å². The topological polar surface area (TPSA) is 115 Å². The van der Waals surface area contributed by atoms with Crippen LogP contribution in [0.4, 0.5) is 21.6 Å². The molecule has 10 nitrogen and oxygen atoms in total. The molecule has 0 atom stereocenters. The second-order valence-electron chi connectivity index (χ2n) is 10.6. The van der Waals surface area contributed by atoms with Gasteiger partial charge in [-0.25, -0.2) is 14.4 Å². The number of aromatic nitrogens is 2. The maximum Gasteiger partial charge on any atom is 0.320 e. The lowest BCUT2D eigenvalue weighted by Crippen LogP contribution is -2.50. The van der Waals surface area contributed by atoms with Crippen molar-refractivity contribution >= 4 is 51.6 Å². The van der Waals surface area contributed by atoms with Crippen LogP contribution in [0, 0.1) is 5.82 Å². The molecule has 41 heavy (non-hydrogen) atoms. The third-order valence-corrected chi connectivity index (χ3v) is 6.91. The van der Waals surface area contributed by atoms with Gasteiger partial charge in [0.25, 0.3) is 0 Å². The number of nitrogens with zero attached hydrogens (tertiary/aromatic N) is 3. The lowest BCUT2D eigenvalue weighted by atomic mass is 10.1. The minimum Gasteiger partial charge on any atom is -0.488 e. The third kappa shape index (κ3) is 7.49. The maximum atomic E-state index is 13.7. The minimum absolute atomic E-state index is 0.0229. The highest BCUT2D eigenvalue weighted by Gasteiger charge is 2.32. The molecule has 216 valence electrons. The highest BCUT2D eigenvalue weighted by Crippen LogP contribution is 2.35. The second-order valence-corrected chi connectivity index (χ2v) is 11.0. The van der Waals surface area contributed by atoms with E-state index in [9.17, 15) is 14.0 Å². The molecule has 2 N–H and O–H groups in total. The molecule has 0 saturated carbocycles. The Morgan fingerprint density at radius 2 is 2.05 bits per heavy atom. The molecule has 0 spiro atoms. The van der Waals surface area contributed by atoms with Gasteiger partial charge in [-0.2, -0.15) is 0 Å². The van der Waals surface area contributed by atoms with Crippen molar-refractivity contribution in [2.24, 2.45) is 0 Å². The molecule has 2 saturated heterocycles. The van der Waals surface area contributed by atoms with Crippen LogP contribution in [0.2, 0.25) is 5.02 Å². The zero-order valence-electron chi connectivity index (χ0n) is 22.8. The number of carbonyl (C=O) groups excluding carboxylic acids is 2. The molecule has 2 aromatic carbocycles. The Morgan fingerprint density at radius 1 is 1.24 bits per heavy atom. The van der Waals surface area contributed by atoms with Crippen LogP contribution in [0.5, 0.6) is 5.75 Å². The van der Waals surface area contributed by atoms with E-state index in [1.54, 1.807) is 24.3 Å². The first-order valence-electron chi connectivity index (χ1n) is 13.3. The summed E-state index contributed by atoms with van der Waals surface area (Å²) >= 11 is 5.95. The number of carbonyl (C=O) groups is 2. The summed E-state index contributed by atoms with van der Waals surface area (Å²) in [4.78, 5) is 35.5. The van der Waals surface area contributed by atoms with Crippen LogP contribution in [0.3, 0.4) is 0 Å². The molecule has 2 aliphatic rings. The van der Waals surface area contributed by atoms with Crippen molar-refractivity contribution in [1.82, 2.24) is 14.9 Å². The fraction of sp³-hybridized carbons (Fsp3) is 0.379. The lowest BCUT2D eigenvalue weighted by Gasteiger charge is -2.36. The van der Waals surface area contributed by atoms with E-state index in [-0.39, 0.29) is 29.5 Å². The molecule has 2 aliphatic heterocycles. The number of benzene rings is 2. The van der Waals surface area contributed by atoms with Gasteiger partial charge in [0.2, 0.25) is 5.91 Å². The number of hydrogen-bond acceptors (Lipinski definition) is 9. The quantitative estimate of drug-likeness (QED) is 0.283. The molecule has 1 aromatic heterocycles. The summed E-state index contributed by atoms with van der Waals surface area (Å²) in [5.74, 6) is -0.264. The van der Waals surface area contributed by atoms with E-state index in [1.807, 2.05) is 18.7 Å². The first kappa shape index (κ1) is 28.7. The normalized spacial score (nSPS) is 17.9. The monoisotopic (exact) mass is 583 g/mol. The van der Waals surface area contributed by atoms with Gasteiger partial charge in [0.15, 0.2) is 0 Å². The Labute approximate surface area is 241 Å². The number of nitrogens with one attached hydrogen (secondary N) is 2. The molecular formula is C29H31ClFN5O5. The number of halogens is 2. The van der Waals surface area contributed by atoms with E-state index in [2.05, 4.69) is 20.6 Å². The predicted octanol–water partition coefficient (Wildman–Crippen LogP) is 4.86. The van der Waals surface area contributed by atoms with Gasteiger partial charge in [0.1, 0.15) is 35.4 Å². The average Bonchev–Trinajstić information content (AvgIpc) is 2.91. The van der Waals surface area contributed by atoms with E-state index in [1.165, 1.54) is 24.5 Å². The van der Waals surface area contributed by atoms with Crippen LogP contribution < -0.4 is 15.4 Å². The molecule has 3 heterocycles. The fourth-order valence-corrected chi connectivity index (χ4v) is 5.01. The molecular weight excluding hydrogens is 553 g/mol. The van der Waals surface area contributed by atoms with Crippen LogP contribution in [0.25, 0.3) is 10.9 Å². The van der Waals surface area contributed by atoms with Crippen molar-refractivity contribution in [2.75, 3.05) is 43.5 Å². The zero-order valence-corrected chi connectivity index (χ0v) is 23.5. The van der Waals surface area contributed by atoms with Crippen molar-refractivity contribution in [3.05, 3.63) is 59.7 Å². The van der Waals surface area contributed by atoms with Crippen molar-refractivity contribution < 1.29 is 28.2 Å². The highest BCUT2D eigenvalue weighted by atomic mass is 35.5. The van der Waals surface area contributed by atoms with Gasteiger partial charge >= 0.3 is 5.97 Å². The summed E-state index contributed by atoms with van der Waals surface area (Å²) in [6.07, 6.45) is 5.92. The van der Waals surface area contributed by atoms with E-state index in [0.717, 1.165) is 12.8 Å². The summed E-state index contributed by atoms with van der Waals surface area (Å²) in [6, 6.07) is 7.78. The van der Waals surface area contributed by atoms with E-state index in [0.29, 0.717) is 60.1 Å². The minimum atomic E-state index is -0.583. The molecule has 1 amide bonds. The van der Waals surface area contributed by atoms with E-state index < -0.39 is 11.4 Å². The molecule has 0 unspecified atom stereocenters. The summed E-state index contributed by atoms with van der Waals surface area (Å²) in [5, 5.41) is 6.65. The van der Waals surface area contributed by atoms with Crippen molar-refractivity contribution in [1.29, 1.82) is 0 Å². The van der Waals surface area contributed by atoms with Crippen LogP contribution in [0.1, 0.15) is 26.7 Å². The van der Waals surface area contributed by atoms with Gasteiger partial charge in [-0.3, -0.25) is 14.5 Å². The van der Waals surface area contributed by atoms with E-state index in [4.69, 9.17) is 25.8 Å². The smallest absolute Gasteiger partial charge is 0.320 e. The number of anilines is 3. The highest BCUT2D eigenvalue weighted by molar-refractivity contribution is 6.31. The van der Waals surface area contributed by atoms with Crippen LogP contribution in [0.15, 0.2) is 48.8 Å². The van der Waals surface area contributed by atoms with Crippen molar-refractivity contribution in [3.8, 4) is 5.75 Å². The Balaban J connectivity index is 1.39. The molecule has 0 aliphatic carbocycles. The number of hydrogen-bond donors (Lipinski definition) is 2. The Hall–Kier alpha value is -3.80. The first-order valence-corrected chi connectivity index (χ1v) is 13.7. The zero-order chi connectivity index (χ0) is 29.0. The molecule has 5 rings (SSSR count). The number of amides is 1. The fourth-order valence-electron chi connectivity index (χ4n) is 4.82. The summed E-state index contributed by atoms with van der Waals surface area (Å²) in [5.41, 5.74) is 0.986. The van der Waals surface area contributed by atoms with Crippen LogP contribution >= 0.6 is 11.6 Å². The average molecular weight is 584 g/mol. The van der Waals surface area contributed by atoms with Gasteiger partial charge in [-0.05, 0) is 38.1 Å². The molecule has 0 radical (unpaired) electrons. The number of cyclic esters (lactones) is 1. The standard InChI is InChI=1S/C29H31ClFN5O5/c1-29(2)16-36(15-27(38)41-29)9-3-4-26(37)35-24-13-20-23(14-25(24)40-19-7-10-39-11-8-19)32-17-33-28(20)34-18-5-6-22(31)21(30)12-18/h3-6,12-14,17,19H,7-11,15-16H2,1-2H3,(H,35,37)(H,32,33,34)/b4-3+. The summed E-state index contributed by atoms with van der Waals surface area (Å²) in [7, 11) is 0. The predicted molar refractivity (Wildman–Crippen MR) is 153 cm³/mol. The van der Waals surface area contributed by atoms with Crippen LogP contribution in [-0.2, 0) is 19.1 Å². The van der Waals surface area contributed by atoms with Gasteiger partial charge in [0.05, 0.1) is 36.0 Å². The maximum absolute atomic E-state index is 13.7. The van der Waals surface area contributed by atoms with Crippen molar-refractivity contribution in [2.45, 2.75) is 38.4 Å². The molecule has 2 fully saturated rings. The Bertz CT molecular complexity index is 1480. The molecule has 0 bridgehead atoms. The van der Waals surface area contributed by atoms with Gasteiger partial charge in [-0.1, -0.05) is 17.7 Å². The Morgan fingerprint density at radius 3 is 2.80 bits per heavy atom. The molecule has 12 heteroatoms. The van der Waals surface area contributed by atoms with E-state index >= 15 is 0 Å².